The van der Waals surface area contributed by atoms with Crippen molar-refractivity contribution in [2.24, 2.45) is 5.92 Å². The molecule has 0 spiro atoms. The van der Waals surface area contributed by atoms with Gasteiger partial charge in [-0.1, -0.05) is 19.3 Å². The second kappa shape index (κ2) is 6.58. The van der Waals surface area contributed by atoms with Crippen LogP contribution in [0.2, 0.25) is 0 Å². The van der Waals surface area contributed by atoms with Crippen LogP contribution in [0.5, 0.6) is 0 Å². The summed E-state index contributed by atoms with van der Waals surface area (Å²) in [6, 6.07) is 4.05. The number of aromatic nitrogens is 1. The minimum absolute atomic E-state index is 0.0571. The third-order valence-electron chi connectivity index (χ3n) is 5.74. The van der Waals surface area contributed by atoms with Gasteiger partial charge in [0.05, 0.1) is 12.5 Å². The molecule has 0 N–H and O–H groups in total. The molecule has 128 valence electrons. The predicted molar refractivity (Wildman–Crippen MR) is 93.0 cm³/mol. The largest absolute Gasteiger partial charge is 0.457 e. The van der Waals surface area contributed by atoms with Crippen LogP contribution < -0.4 is 0 Å². The zero-order chi connectivity index (χ0) is 16.4. The Bertz CT molecular complexity index is 622. The summed E-state index contributed by atoms with van der Waals surface area (Å²) in [6.45, 7) is 1.93. The van der Waals surface area contributed by atoms with Crippen LogP contribution in [0.3, 0.4) is 0 Å². The Kier molecular flexibility index (Phi) is 4.30. The first kappa shape index (κ1) is 15.7. The van der Waals surface area contributed by atoms with Gasteiger partial charge in [0.25, 0.3) is 0 Å². The lowest BCUT2D eigenvalue weighted by molar-refractivity contribution is -0.167. The van der Waals surface area contributed by atoms with Gasteiger partial charge >= 0.3 is 5.97 Å². The first-order valence-electron chi connectivity index (χ1n) is 9.33. The molecule has 1 unspecified atom stereocenters. The van der Waals surface area contributed by atoms with Gasteiger partial charge in [-0.2, -0.15) is 0 Å². The van der Waals surface area contributed by atoms with Gasteiger partial charge in [-0.05, 0) is 49.5 Å². The molecule has 4 nitrogen and oxygen atoms in total. The third-order valence-corrected chi connectivity index (χ3v) is 5.74. The number of esters is 1. The molecule has 1 aromatic rings. The summed E-state index contributed by atoms with van der Waals surface area (Å²) in [5, 5.41) is 0. The Balaban J connectivity index is 1.49. The number of ether oxygens (including phenoxy) is 1. The average molecular weight is 326 g/mol. The van der Waals surface area contributed by atoms with Crippen molar-refractivity contribution in [2.45, 2.75) is 57.0 Å². The molecule has 0 radical (unpaired) electrons. The zero-order valence-corrected chi connectivity index (χ0v) is 14.2. The number of fused-ring (bicyclic) bond motifs is 2. The van der Waals surface area contributed by atoms with Crippen molar-refractivity contribution in [2.75, 3.05) is 13.1 Å². The van der Waals surface area contributed by atoms with Crippen molar-refractivity contribution in [3.8, 4) is 0 Å². The van der Waals surface area contributed by atoms with Crippen LogP contribution >= 0.6 is 0 Å². The van der Waals surface area contributed by atoms with E-state index < -0.39 is 0 Å². The number of hydrogen-bond donors (Lipinski definition) is 0. The highest BCUT2D eigenvalue weighted by Gasteiger charge is 2.47. The van der Waals surface area contributed by atoms with E-state index in [1.54, 1.807) is 0 Å². The van der Waals surface area contributed by atoms with Gasteiger partial charge in [0.15, 0.2) is 0 Å². The molecule has 2 aliphatic heterocycles. The van der Waals surface area contributed by atoms with Gasteiger partial charge < -0.3 is 9.64 Å². The molecular weight excluding hydrogens is 300 g/mol. The minimum Gasteiger partial charge on any atom is -0.457 e. The number of piperidine rings is 1. The van der Waals surface area contributed by atoms with Gasteiger partial charge in [0, 0.05) is 31.1 Å². The molecule has 4 heteroatoms. The Hall–Kier alpha value is -1.84. The fourth-order valence-corrected chi connectivity index (χ4v) is 4.48. The second-order valence-electron chi connectivity index (χ2n) is 7.56. The van der Waals surface area contributed by atoms with Gasteiger partial charge in [-0.25, -0.2) is 0 Å². The van der Waals surface area contributed by atoms with Crippen molar-refractivity contribution in [3.63, 3.8) is 0 Å². The quantitative estimate of drug-likeness (QED) is 0.793. The SMILES string of the molecule is O=C(OC12CCCN(C1)/C(=C/c1ccncc1)C2)C1CCCCC1. The minimum atomic E-state index is -0.286. The highest BCUT2D eigenvalue weighted by atomic mass is 16.6. The third kappa shape index (κ3) is 3.19. The Labute approximate surface area is 143 Å². The Morgan fingerprint density at radius 3 is 2.79 bits per heavy atom. The molecular formula is C20H26N2O2. The van der Waals surface area contributed by atoms with Crippen LogP contribution in [-0.4, -0.2) is 34.5 Å². The molecule has 2 bridgehead atoms. The molecule has 1 aliphatic carbocycles. The van der Waals surface area contributed by atoms with E-state index in [4.69, 9.17) is 4.74 Å². The van der Waals surface area contributed by atoms with E-state index in [0.717, 1.165) is 45.2 Å². The maximum Gasteiger partial charge on any atom is 0.309 e. The summed E-state index contributed by atoms with van der Waals surface area (Å²) in [4.78, 5) is 19.1. The van der Waals surface area contributed by atoms with Crippen molar-refractivity contribution >= 4 is 12.0 Å². The van der Waals surface area contributed by atoms with Gasteiger partial charge in [-0.3, -0.25) is 9.78 Å². The van der Waals surface area contributed by atoms with Gasteiger partial charge in [-0.15, -0.1) is 0 Å². The summed E-state index contributed by atoms with van der Waals surface area (Å²) >= 11 is 0. The number of pyridine rings is 1. The first-order chi connectivity index (χ1) is 11.7. The van der Waals surface area contributed by atoms with E-state index in [-0.39, 0.29) is 17.5 Å². The molecule has 3 fully saturated rings. The van der Waals surface area contributed by atoms with Crippen molar-refractivity contribution in [3.05, 3.63) is 35.8 Å². The van der Waals surface area contributed by atoms with E-state index in [2.05, 4.69) is 16.0 Å². The van der Waals surface area contributed by atoms with E-state index >= 15 is 0 Å². The molecule has 4 rings (SSSR count). The van der Waals surface area contributed by atoms with Crippen LogP contribution in [0.25, 0.3) is 6.08 Å². The van der Waals surface area contributed by atoms with Gasteiger partial charge in [0.2, 0.25) is 0 Å². The normalized spacial score (nSPS) is 29.0. The lowest BCUT2D eigenvalue weighted by atomic mass is 9.88. The number of rotatable bonds is 3. The topological polar surface area (TPSA) is 42.4 Å². The van der Waals surface area contributed by atoms with Crippen LogP contribution in [-0.2, 0) is 9.53 Å². The molecule has 0 aromatic carbocycles. The Morgan fingerprint density at radius 1 is 1.21 bits per heavy atom. The zero-order valence-electron chi connectivity index (χ0n) is 14.2. The smallest absolute Gasteiger partial charge is 0.309 e. The summed E-state index contributed by atoms with van der Waals surface area (Å²) in [7, 11) is 0. The van der Waals surface area contributed by atoms with Crippen LogP contribution in [0.1, 0.15) is 56.9 Å². The molecule has 3 heterocycles. The van der Waals surface area contributed by atoms with Crippen molar-refractivity contribution in [1.82, 2.24) is 9.88 Å². The summed E-state index contributed by atoms with van der Waals surface area (Å²) < 4.78 is 6.14. The van der Waals surface area contributed by atoms with E-state index in [9.17, 15) is 4.79 Å². The molecule has 2 saturated heterocycles. The van der Waals surface area contributed by atoms with Crippen molar-refractivity contribution < 1.29 is 9.53 Å². The second-order valence-corrected chi connectivity index (χ2v) is 7.56. The number of nitrogens with zero attached hydrogens (tertiary/aromatic N) is 2. The Morgan fingerprint density at radius 2 is 2.00 bits per heavy atom. The maximum atomic E-state index is 12.6. The summed E-state index contributed by atoms with van der Waals surface area (Å²) in [5.74, 6) is 0.193. The molecule has 1 aromatic heterocycles. The molecule has 3 aliphatic rings. The number of hydrogen-bond acceptors (Lipinski definition) is 4. The fourth-order valence-electron chi connectivity index (χ4n) is 4.48. The molecule has 1 atom stereocenters. The van der Waals surface area contributed by atoms with E-state index in [0.29, 0.717) is 0 Å². The standard InChI is InChI=1S/C20H26N2O2/c23-19(17-5-2-1-3-6-17)24-20-9-4-12-22(15-20)18(14-20)13-16-7-10-21-11-8-16/h7-8,10-11,13,17H,1-6,9,12,14-15H2/b18-13+. The molecule has 0 amide bonds. The highest BCUT2D eigenvalue weighted by molar-refractivity contribution is 5.73. The van der Waals surface area contributed by atoms with Crippen LogP contribution in [0, 0.1) is 5.92 Å². The number of carbonyl (C=O) groups excluding carboxylic acids is 1. The molecule has 1 saturated carbocycles. The average Bonchev–Trinajstić information content (AvgIpc) is 2.86. The lowest BCUT2D eigenvalue weighted by Gasteiger charge is -2.35. The van der Waals surface area contributed by atoms with E-state index in [1.807, 2.05) is 24.5 Å². The highest BCUT2D eigenvalue weighted by Crippen LogP contribution is 2.42. The summed E-state index contributed by atoms with van der Waals surface area (Å²) in [5.41, 5.74) is 2.18. The monoisotopic (exact) mass is 326 g/mol. The molecule has 24 heavy (non-hydrogen) atoms. The van der Waals surface area contributed by atoms with Gasteiger partial charge in [0.1, 0.15) is 5.60 Å². The maximum absolute atomic E-state index is 12.6. The van der Waals surface area contributed by atoms with Crippen LogP contribution in [0.4, 0.5) is 0 Å². The first-order valence-corrected chi connectivity index (χ1v) is 9.33. The lowest BCUT2D eigenvalue weighted by Crippen LogP contribution is -2.43. The van der Waals surface area contributed by atoms with E-state index in [1.165, 1.54) is 30.5 Å². The number of carbonyl (C=O) groups is 1. The van der Waals surface area contributed by atoms with Crippen LogP contribution in [0.15, 0.2) is 30.2 Å². The predicted octanol–water partition coefficient (Wildman–Crippen LogP) is 3.78. The van der Waals surface area contributed by atoms with Crippen molar-refractivity contribution in [1.29, 1.82) is 0 Å². The summed E-state index contributed by atoms with van der Waals surface area (Å²) in [6.07, 6.45) is 14.5. The fraction of sp³-hybridized carbons (Fsp3) is 0.600.